The van der Waals surface area contributed by atoms with E-state index >= 15 is 0 Å². The van der Waals surface area contributed by atoms with Crippen LogP contribution in [-0.2, 0) is 9.59 Å². The zero-order valence-electron chi connectivity index (χ0n) is 11.0. The molecule has 1 aromatic carbocycles. The van der Waals surface area contributed by atoms with Gasteiger partial charge in [0.25, 0.3) is 0 Å². The Morgan fingerprint density at radius 1 is 1.55 bits per heavy atom. The monoisotopic (exact) mass is 377 g/mol. The summed E-state index contributed by atoms with van der Waals surface area (Å²) < 4.78 is 6.03. The van der Waals surface area contributed by atoms with Crippen molar-refractivity contribution in [3.63, 3.8) is 0 Å². The molecule has 0 radical (unpaired) electrons. The van der Waals surface area contributed by atoms with Gasteiger partial charge in [-0.2, -0.15) is 0 Å². The van der Waals surface area contributed by atoms with Crippen molar-refractivity contribution in [2.75, 3.05) is 18.6 Å². The van der Waals surface area contributed by atoms with Gasteiger partial charge in [0.15, 0.2) is 10.9 Å². The van der Waals surface area contributed by atoms with Crippen LogP contribution in [0.15, 0.2) is 16.6 Å². The Balaban J connectivity index is 2.32. The molecule has 0 bridgehead atoms. The molecule has 1 unspecified atom stereocenters. The van der Waals surface area contributed by atoms with E-state index in [2.05, 4.69) is 15.9 Å². The van der Waals surface area contributed by atoms with Gasteiger partial charge in [-0.25, -0.2) is 0 Å². The first-order chi connectivity index (χ1) is 9.42. The smallest absolute Gasteiger partial charge is 0.228 e. The fraction of sp³-hybridized carbons (Fsp3) is 0.385. The first-order valence-electron chi connectivity index (χ1n) is 5.93. The van der Waals surface area contributed by atoms with Gasteiger partial charge in [0.05, 0.1) is 17.3 Å². The molecule has 0 spiro atoms. The van der Waals surface area contributed by atoms with E-state index < -0.39 is 0 Å². The van der Waals surface area contributed by atoms with Crippen LogP contribution in [0.5, 0.6) is 5.75 Å². The van der Waals surface area contributed by atoms with Gasteiger partial charge in [-0.1, -0.05) is 23.4 Å². The lowest BCUT2D eigenvalue weighted by atomic mass is 10.2. The summed E-state index contributed by atoms with van der Waals surface area (Å²) in [6, 6.07) is 3.41. The molecule has 0 aliphatic carbocycles. The van der Waals surface area contributed by atoms with Gasteiger partial charge in [-0.3, -0.25) is 9.59 Å². The fourth-order valence-corrected chi connectivity index (χ4v) is 4.05. The SMILES string of the molecule is COc1c(Br)cc(Cl)cc1N1CC(SC(C)=O)CC1=O. The maximum Gasteiger partial charge on any atom is 0.228 e. The number of thioether (sulfide) groups is 1. The summed E-state index contributed by atoms with van der Waals surface area (Å²) in [5.41, 5.74) is 0.628. The molecule has 1 atom stereocenters. The molecule has 20 heavy (non-hydrogen) atoms. The Labute approximate surface area is 134 Å². The van der Waals surface area contributed by atoms with Crippen molar-refractivity contribution in [1.29, 1.82) is 0 Å². The van der Waals surface area contributed by atoms with Crippen LogP contribution in [-0.4, -0.2) is 29.9 Å². The molecule has 1 heterocycles. The summed E-state index contributed by atoms with van der Waals surface area (Å²) in [6.45, 7) is 1.99. The Morgan fingerprint density at radius 2 is 2.25 bits per heavy atom. The van der Waals surface area contributed by atoms with Crippen LogP contribution < -0.4 is 9.64 Å². The third kappa shape index (κ3) is 3.30. The number of hydrogen-bond donors (Lipinski definition) is 0. The van der Waals surface area contributed by atoms with Crippen LogP contribution in [0.3, 0.4) is 0 Å². The van der Waals surface area contributed by atoms with Gasteiger partial charge in [-0.05, 0) is 28.1 Å². The lowest BCUT2D eigenvalue weighted by Crippen LogP contribution is -2.25. The number of anilines is 1. The molecule has 1 aromatic rings. The van der Waals surface area contributed by atoms with Gasteiger partial charge in [0.2, 0.25) is 5.91 Å². The number of carbonyl (C=O) groups is 2. The Morgan fingerprint density at radius 3 is 2.85 bits per heavy atom. The molecule has 0 aromatic heterocycles. The second kappa shape index (κ2) is 6.37. The molecule has 4 nitrogen and oxygen atoms in total. The molecule has 2 rings (SSSR count). The standard InChI is InChI=1S/C13H13BrClNO3S/c1-7(17)20-9-5-12(18)16(6-9)11-4-8(15)3-10(14)13(11)19-2/h3-4,9H,5-6H2,1-2H3. The number of methoxy groups -OCH3 is 1. The van der Waals surface area contributed by atoms with E-state index in [-0.39, 0.29) is 16.3 Å². The molecule has 108 valence electrons. The maximum absolute atomic E-state index is 12.1. The van der Waals surface area contributed by atoms with Gasteiger partial charge in [0.1, 0.15) is 0 Å². The number of amides is 1. The van der Waals surface area contributed by atoms with Crippen LogP contribution in [0.1, 0.15) is 13.3 Å². The summed E-state index contributed by atoms with van der Waals surface area (Å²) in [5.74, 6) is 0.535. The highest BCUT2D eigenvalue weighted by Crippen LogP contribution is 2.41. The molecule has 1 aliphatic heterocycles. The van der Waals surface area contributed by atoms with Crippen LogP contribution >= 0.6 is 39.3 Å². The van der Waals surface area contributed by atoms with Crippen LogP contribution in [0.4, 0.5) is 5.69 Å². The van der Waals surface area contributed by atoms with Crippen molar-refractivity contribution in [2.24, 2.45) is 0 Å². The predicted molar refractivity (Wildman–Crippen MR) is 84.7 cm³/mol. The molecule has 0 saturated carbocycles. The number of benzene rings is 1. The van der Waals surface area contributed by atoms with Crippen molar-refractivity contribution < 1.29 is 14.3 Å². The zero-order chi connectivity index (χ0) is 14.9. The van der Waals surface area contributed by atoms with E-state index in [0.29, 0.717) is 33.9 Å². The van der Waals surface area contributed by atoms with Crippen LogP contribution in [0.25, 0.3) is 0 Å². The molecule has 1 fully saturated rings. The van der Waals surface area contributed by atoms with Crippen molar-refractivity contribution in [2.45, 2.75) is 18.6 Å². The second-order valence-electron chi connectivity index (χ2n) is 4.38. The fourth-order valence-electron chi connectivity index (χ4n) is 2.17. The molecule has 1 aliphatic rings. The van der Waals surface area contributed by atoms with E-state index in [1.165, 1.54) is 18.7 Å². The average molecular weight is 379 g/mol. The highest BCUT2D eigenvalue weighted by Gasteiger charge is 2.34. The third-order valence-electron chi connectivity index (χ3n) is 2.91. The molecule has 0 N–H and O–H groups in total. The Bertz CT molecular complexity index is 567. The minimum atomic E-state index is -0.0313. The summed E-state index contributed by atoms with van der Waals surface area (Å²) >= 11 is 10.6. The number of hydrogen-bond acceptors (Lipinski definition) is 4. The average Bonchev–Trinajstić information content (AvgIpc) is 2.68. The Kier molecular flexibility index (Phi) is 4.99. The van der Waals surface area contributed by atoms with E-state index in [4.69, 9.17) is 16.3 Å². The largest absolute Gasteiger partial charge is 0.493 e. The molecular weight excluding hydrogens is 366 g/mol. The van der Waals surface area contributed by atoms with E-state index in [9.17, 15) is 9.59 Å². The topological polar surface area (TPSA) is 46.6 Å². The molecule has 1 saturated heterocycles. The van der Waals surface area contributed by atoms with Crippen molar-refractivity contribution in [3.05, 3.63) is 21.6 Å². The number of carbonyl (C=O) groups excluding carboxylic acids is 2. The van der Waals surface area contributed by atoms with E-state index in [1.54, 1.807) is 24.1 Å². The minimum absolute atomic E-state index is 0.0175. The van der Waals surface area contributed by atoms with E-state index in [0.717, 1.165) is 0 Å². The predicted octanol–water partition coefficient (Wildman–Crippen LogP) is 3.50. The molecular formula is C13H13BrClNO3S. The van der Waals surface area contributed by atoms with Gasteiger partial charge < -0.3 is 9.64 Å². The van der Waals surface area contributed by atoms with Crippen LogP contribution in [0.2, 0.25) is 5.02 Å². The summed E-state index contributed by atoms with van der Waals surface area (Å²) in [4.78, 5) is 24.9. The summed E-state index contributed by atoms with van der Waals surface area (Å²) in [7, 11) is 1.54. The maximum atomic E-state index is 12.1. The first-order valence-corrected chi connectivity index (χ1v) is 7.98. The van der Waals surface area contributed by atoms with Gasteiger partial charge in [0, 0.05) is 30.2 Å². The lowest BCUT2D eigenvalue weighted by Gasteiger charge is -2.20. The highest BCUT2D eigenvalue weighted by atomic mass is 79.9. The summed E-state index contributed by atoms with van der Waals surface area (Å²) in [5, 5.41) is 0.509. The minimum Gasteiger partial charge on any atom is -0.493 e. The lowest BCUT2D eigenvalue weighted by molar-refractivity contribution is -0.117. The third-order valence-corrected chi connectivity index (χ3v) is 4.69. The molecule has 1 amide bonds. The van der Waals surface area contributed by atoms with Crippen molar-refractivity contribution in [1.82, 2.24) is 0 Å². The summed E-state index contributed by atoms with van der Waals surface area (Å²) in [6.07, 6.45) is 0.345. The van der Waals surface area contributed by atoms with Gasteiger partial charge in [-0.15, -0.1) is 0 Å². The number of nitrogens with zero attached hydrogens (tertiary/aromatic N) is 1. The Hall–Kier alpha value is -0.720. The van der Waals surface area contributed by atoms with Gasteiger partial charge >= 0.3 is 0 Å². The first kappa shape index (κ1) is 15.7. The highest BCUT2D eigenvalue weighted by molar-refractivity contribution is 9.10. The second-order valence-corrected chi connectivity index (χ2v) is 7.15. The van der Waals surface area contributed by atoms with Crippen LogP contribution in [0, 0.1) is 0 Å². The number of ether oxygens (including phenoxy) is 1. The number of halogens is 2. The van der Waals surface area contributed by atoms with Crippen molar-refractivity contribution in [3.8, 4) is 5.75 Å². The zero-order valence-corrected chi connectivity index (χ0v) is 14.1. The number of rotatable bonds is 3. The quantitative estimate of drug-likeness (QED) is 0.807. The van der Waals surface area contributed by atoms with Crippen molar-refractivity contribution >= 4 is 56.0 Å². The normalized spacial score (nSPS) is 18.5. The van der Waals surface area contributed by atoms with E-state index in [1.807, 2.05) is 0 Å². The molecule has 7 heteroatoms.